The Morgan fingerprint density at radius 3 is 2.58 bits per heavy atom. The molecule has 38 heavy (non-hydrogen) atoms. The van der Waals surface area contributed by atoms with Crippen LogP contribution in [0.15, 0.2) is 73.6 Å². The van der Waals surface area contributed by atoms with Crippen LogP contribution in [0.5, 0.6) is 11.5 Å². The number of benzene rings is 2. The Labute approximate surface area is 221 Å². The van der Waals surface area contributed by atoms with E-state index in [-0.39, 0.29) is 11.9 Å². The summed E-state index contributed by atoms with van der Waals surface area (Å²) in [7, 11) is 1.87. The van der Waals surface area contributed by atoms with Gasteiger partial charge in [0, 0.05) is 38.0 Å². The molecule has 2 atom stereocenters. The van der Waals surface area contributed by atoms with E-state index in [0.717, 1.165) is 16.9 Å². The number of ether oxygens (including phenoxy) is 1. The summed E-state index contributed by atoms with van der Waals surface area (Å²) in [6.07, 6.45) is 3.41. The number of carbonyl (C=O) groups is 1. The summed E-state index contributed by atoms with van der Waals surface area (Å²) in [6, 6.07) is 17.1. The van der Waals surface area contributed by atoms with Gasteiger partial charge in [0.2, 0.25) is 5.91 Å². The molecule has 3 heterocycles. The molecule has 1 amide bonds. The van der Waals surface area contributed by atoms with Crippen LogP contribution in [0.1, 0.15) is 25.5 Å². The Morgan fingerprint density at radius 2 is 1.89 bits per heavy atom. The number of hydrogen-bond donors (Lipinski definition) is 2. The Kier molecular flexibility index (Phi) is 6.62. The van der Waals surface area contributed by atoms with Crippen LogP contribution in [0.3, 0.4) is 0 Å². The van der Waals surface area contributed by atoms with Crippen molar-refractivity contribution in [2.24, 2.45) is 7.05 Å². The minimum atomic E-state index is -1.24. The lowest BCUT2D eigenvalue weighted by Gasteiger charge is -2.39. The molecule has 1 aliphatic rings. The lowest BCUT2D eigenvalue weighted by Crippen LogP contribution is -2.50. The average Bonchev–Trinajstić information content (AvgIpc) is 3.21. The van der Waals surface area contributed by atoms with Crippen molar-refractivity contribution in [2.75, 3.05) is 12.3 Å². The molecule has 3 N–H and O–H groups in total. The van der Waals surface area contributed by atoms with Gasteiger partial charge in [-0.1, -0.05) is 42.8 Å². The maximum Gasteiger partial charge on any atom is 0.246 e. The fourth-order valence-corrected chi connectivity index (χ4v) is 4.98. The number of aromatic nitrogens is 3. The highest BCUT2D eigenvalue weighted by molar-refractivity contribution is 6.03. The maximum atomic E-state index is 12.1. The van der Waals surface area contributed by atoms with Crippen molar-refractivity contribution in [3.8, 4) is 34.5 Å². The van der Waals surface area contributed by atoms with Crippen LogP contribution in [-0.4, -0.2) is 48.6 Å². The van der Waals surface area contributed by atoms with Gasteiger partial charge in [-0.15, -0.1) is 0 Å². The van der Waals surface area contributed by atoms with Gasteiger partial charge in [-0.25, -0.2) is 9.97 Å². The smallest absolute Gasteiger partial charge is 0.246 e. The Bertz CT molecular complexity index is 1570. The highest BCUT2D eigenvalue weighted by Gasteiger charge is 2.36. The number of hydrogen-bond acceptors (Lipinski definition) is 6. The molecule has 0 bridgehead atoms. The van der Waals surface area contributed by atoms with Crippen molar-refractivity contribution in [1.82, 2.24) is 19.4 Å². The second-order valence-electron chi connectivity index (χ2n) is 9.50. The largest absolute Gasteiger partial charge is 0.457 e. The van der Waals surface area contributed by atoms with E-state index in [1.807, 2.05) is 73.1 Å². The zero-order valence-electron chi connectivity index (χ0n) is 21.4. The number of nitrogens with zero attached hydrogens (tertiary/aromatic N) is 4. The summed E-state index contributed by atoms with van der Waals surface area (Å²) in [5, 5.41) is 12.0. The van der Waals surface area contributed by atoms with Crippen molar-refractivity contribution in [3.63, 3.8) is 0 Å². The second-order valence-corrected chi connectivity index (χ2v) is 9.50. The summed E-state index contributed by atoms with van der Waals surface area (Å²) < 4.78 is 7.82. The first-order valence-corrected chi connectivity index (χ1v) is 12.4. The van der Waals surface area contributed by atoms with Crippen molar-refractivity contribution in [1.29, 1.82) is 0 Å². The van der Waals surface area contributed by atoms with E-state index in [1.54, 1.807) is 4.90 Å². The quantitative estimate of drug-likeness (QED) is 0.315. The number of nitrogen functional groups attached to an aromatic ring is 1. The first kappa shape index (κ1) is 25.1. The fraction of sp³-hybridized carbons (Fsp3) is 0.233. The number of rotatable bonds is 4. The molecular weight excluding hydrogens is 478 g/mol. The molecule has 8 nitrogen and oxygen atoms in total. The highest BCUT2D eigenvalue weighted by Crippen LogP contribution is 2.37. The molecule has 1 unspecified atom stereocenters. The molecular formula is C30H29N5O3. The van der Waals surface area contributed by atoms with E-state index in [4.69, 9.17) is 10.5 Å². The van der Waals surface area contributed by atoms with Crippen molar-refractivity contribution < 1.29 is 14.6 Å². The molecule has 2 aromatic heterocycles. The Hall–Kier alpha value is -4.61. The molecule has 0 spiro atoms. The van der Waals surface area contributed by atoms with Gasteiger partial charge in [0.05, 0.1) is 5.39 Å². The van der Waals surface area contributed by atoms with Gasteiger partial charge in [-0.3, -0.25) is 4.79 Å². The molecule has 0 saturated carbocycles. The van der Waals surface area contributed by atoms with Crippen LogP contribution in [0.4, 0.5) is 5.82 Å². The van der Waals surface area contributed by atoms with E-state index in [2.05, 4.69) is 28.4 Å². The first-order valence-electron chi connectivity index (χ1n) is 12.4. The number of aryl methyl sites for hydroxylation is 1. The average molecular weight is 508 g/mol. The number of nitrogens with two attached hydrogens (primary N) is 1. The summed E-state index contributed by atoms with van der Waals surface area (Å²) in [5.74, 6) is 7.98. The summed E-state index contributed by atoms with van der Waals surface area (Å²) in [4.78, 5) is 22.5. The zero-order valence-corrected chi connectivity index (χ0v) is 21.4. The number of fused-ring (bicyclic) bond motifs is 1. The predicted octanol–water partition coefficient (Wildman–Crippen LogP) is 4.29. The standard InChI is InChI=1S/C30H29N5O3/c1-4-25(36)35-17-16-30(37,18-20(35)2)15-14-24-26(27-28(31)32-19-33-29(27)34(24)3)21-10-12-23(13-11-21)38-22-8-6-5-7-9-22/h4-13,19-20,37H,1,16-18H2,2-3H3,(H2,31,32,33)/t20-,30?/m1/s1. The summed E-state index contributed by atoms with van der Waals surface area (Å²) in [5.41, 5.74) is 8.04. The van der Waals surface area contributed by atoms with Gasteiger partial charge in [0.25, 0.3) is 0 Å². The van der Waals surface area contributed by atoms with Crippen LogP contribution in [0, 0.1) is 11.8 Å². The highest BCUT2D eigenvalue weighted by atomic mass is 16.5. The lowest BCUT2D eigenvalue weighted by molar-refractivity contribution is -0.132. The van der Waals surface area contributed by atoms with Gasteiger partial charge < -0.3 is 25.0 Å². The van der Waals surface area contributed by atoms with E-state index in [1.165, 1.54) is 12.4 Å². The number of anilines is 1. The summed E-state index contributed by atoms with van der Waals surface area (Å²) >= 11 is 0. The third kappa shape index (κ3) is 4.72. The van der Waals surface area contributed by atoms with E-state index < -0.39 is 5.60 Å². The molecule has 4 aromatic rings. The van der Waals surface area contributed by atoms with Gasteiger partial charge in [-0.2, -0.15) is 0 Å². The van der Waals surface area contributed by atoms with Gasteiger partial charge in [0.1, 0.15) is 40.6 Å². The van der Waals surface area contributed by atoms with Crippen molar-refractivity contribution in [3.05, 3.63) is 79.3 Å². The minimum Gasteiger partial charge on any atom is -0.457 e. The van der Waals surface area contributed by atoms with Crippen LogP contribution in [0.25, 0.3) is 22.2 Å². The van der Waals surface area contributed by atoms with Crippen LogP contribution < -0.4 is 10.5 Å². The third-order valence-electron chi connectivity index (χ3n) is 6.92. The molecule has 1 aliphatic heterocycles. The molecule has 1 saturated heterocycles. The molecule has 8 heteroatoms. The monoisotopic (exact) mass is 507 g/mol. The Balaban J connectivity index is 1.53. The van der Waals surface area contributed by atoms with E-state index in [0.29, 0.717) is 47.7 Å². The van der Waals surface area contributed by atoms with Crippen LogP contribution in [0.2, 0.25) is 0 Å². The normalized spacial score (nSPS) is 19.0. The third-order valence-corrected chi connectivity index (χ3v) is 6.92. The SMILES string of the molecule is C=CC(=O)N1CCC(O)(C#Cc2c(-c3ccc(Oc4ccccc4)cc3)c3c(N)ncnc3n2C)C[C@H]1C. The number of likely N-dealkylation sites (tertiary alicyclic amines) is 1. The molecule has 2 aromatic carbocycles. The fourth-order valence-electron chi connectivity index (χ4n) is 4.98. The van der Waals surface area contributed by atoms with Crippen molar-refractivity contribution >= 4 is 22.8 Å². The number of para-hydroxylation sites is 1. The van der Waals surface area contributed by atoms with Gasteiger partial charge in [0.15, 0.2) is 0 Å². The molecule has 192 valence electrons. The van der Waals surface area contributed by atoms with Crippen LogP contribution >= 0.6 is 0 Å². The lowest BCUT2D eigenvalue weighted by atomic mass is 9.87. The van der Waals surface area contributed by atoms with Gasteiger partial charge >= 0.3 is 0 Å². The topological polar surface area (TPSA) is 106 Å². The van der Waals surface area contributed by atoms with E-state index >= 15 is 0 Å². The zero-order chi connectivity index (χ0) is 26.9. The second kappa shape index (κ2) is 10.0. The Morgan fingerprint density at radius 1 is 1.18 bits per heavy atom. The number of piperidine rings is 1. The first-order chi connectivity index (χ1) is 18.3. The number of amides is 1. The molecule has 5 rings (SSSR count). The number of carbonyl (C=O) groups excluding carboxylic acids is 1. The molecule has 0 aliphatic carbocycles. The number of aliphatic hydroxyl groups is 1. The minimum absolute atomic E-state index is 0.141. The maximum absolute atomic E-state index is 12.1. The van der Waals surface area contributed by atoms with Crippen LogP contribution in [-0.2, 0) is 11.8 Å². The van der Waals surface area contributed by atoms with Crippen molar-refractivity contribution in [2.45, 2.75) is 31.4 Å². The summed E-state index contributed by atoms with van der Waals surface area (Å²) in [6.45, 7) is 5.88. The predicted molar refractivity (Wildman–Crippen MR) is 147 cm³/mol. The van der Waals surface area contributed by atoms with E-state index in [9.17, 15) is 9.90 Å². The molecule has 0 radical (unpaired) electrons. The van der Waals surface area contributed by atoms with Gasteiger partial charge in [-0.05, 0) is 48.7 Å². The molecule has 1 fully saturated rings.